The molecule has 0 aliphatic heterocycles. The van der Waals surface area contributed by atoms with Crippen molar-refractivity contribution in [1.29, 1.82) is 0 Å². The van der Waals surface area contributed by atoms with E-state index in [1.165, 1.54) is 0 Å². The van der Waals surface area contributed by atoms with Crippen LogP contribution in [-0.4, -0.2) is 27.7 Å². The molecule has 0 bridgehead atoms. The van der Waals surface area contributed by atoms with E-state index in [1.807, 2.05) is 68.4 Å². The molecular formula is C26H24N2O4. The van der Waals surface area contributed by atoms with Crippen LogP contribution in [0.15, 0.2) is 71.3 Å². The topological polar surface area (TPSA) is 85.5 Å². The first-order valence-corrected chi connectivity index (χ1v) is 10.4. The summed E-state index contributed by atoms with van der Waals surface area (Å²) in [7, 11) is 0. The van der Waals surface area contributed by atoms with Gasteiger partial charge in [0.05, 0.1) is 24.4 Å². The Kier molecular flexibility index (Phi) is 6.31. The molecule has 0 saturated heterocycles. The Hall–Kier alpha value is -3.93. The Balaban J connectivity index is 1.42. The number of hydrogen-bond donors (Lipinski definition) is 1. The van der Waals surface area contributed by atoms with E-state index < -0.39 is 5.97 Å². The maximum atomic E-state index is 10.9. The second-order valence-corrected chi connectivity index (χ2v) is 7.58. The molecule has 6 nitrogen and oxygen atoms in total. The van der Waals surface area contributed by atoms with Crippen molar-refractivity contribution in [1.82, 2.24) is 9.97 Å². The molecule has 0 atom stereocenters. The first-order chi connectivity index (χ1) is 15.5. The molecule has 0 spiro atoms. The van der Waals surface area contributed by atoms with Gasteiger partial charge < -0.3 is 14.3 Å². The van der Waals surface area contributed by atoms with Gasteiger partial charge in [0.1, 0.15) is 11.5 Å². The number of pyridine rings is 1. The number of oxazole rings is 1. The van der Waals surface area contributed by atoms with E-state index in [1.54, 1.807) is 12.3 Å². The molecule has 0 fully saturated rings. The first kappa shape index (κ1) is 21.3. The van der Waals surface area contributed by atoms with Crippen molar-refractivity contribution in [2.24, 2.45) is 0 Å². The van der Waals surface area contributed by atoms with Crippen LogP contribution in [0.3, 0.4) is 0 Å². The minimum Gasteiger partial charge on any atom is -0.493 e. The van der Waals surface area contributed by atoms with E-state index >= 15 is 0 Å². The van der Waals surface area contributed by atoms with Gasteiger partial charge in [-0.3, -0.25) is 9.78 Å². The number of carbonyl (C=O) groups is 1. The fraction of sp³-hybridized carbons (Fsp3) is 0.192. The first-order valence-electron chi connectivity index (χ1n) is 10.4. The summed E-state index contributed by atoms with van der Waals surface area (Å²) < 4.78 is 11.8. The molecule has 0 aliphatic rings. The lowest BCUT2D eigenvalue weighted by atomic mass is 10.1. The smallest absolute Gasteiger partial charge is 0.307 e. The van der Waals surface area contributed by atoms with Gasteiger partial charge in [-0.1, -0.05) is 30.3 Å². The molecule has 4 rings (SSSR count). The zero-order valence-electron chi connectivity index (χ0n) is 18.0. The highest BCUT2D eigenvalue weighted by molar-refractivity contribution is 5.70. The number of aliphatic carboxylic acids is 1. The fourth-order valence-electron chi connectivity index (χ4n) is 3.44. The number of aryl methyl sites for hydroxylation is 2. The van der Waals surface area contributed by atoms with Gasteiger partial charge in [-0.2, -0.15) is 0 Å². The van der Waals surface area contributed by atoms with Crippen LogP contribution >= 0.6 is 0 Å². The zero-order chi connectivity index (χ0) is 22.5. The summed E-state index contributed by atoms with van der Waals surface area (Å²) in [4.78, 5) is 20.0. The van der Waals surface area contributed by atoms with Crippen LogP contribution in [0.4, 0.5) is 0 Å². The quantitative estimate of drug-likeness (QED) is 0.412. The minimum atomic E-state index is -0.862. The van der Waals surface area contributed by atoms with Gasteiger partial charge in [-0.15, -0.1) is 0 Å². The maximum Gasteiger partial charge on any atom is 0.307 e. The van der Waals surface area contributed by atoms with Crippen molar-refractivity contribution < 1.29 is 19.1 Å². The van der Waals surface area contributed by atoms with E-state index in [4.69, 9.17) is 14.3 Å². The van der Waals surface area contributed by atoms with Crippen LogP contribution in [0, 0.1) is 13.8 Å². The average Bonchev–Trinajstić information content (AvgIpc) is 3.17. The Morgan fingerprint density at radius 2 is 1.81 bits per heavy atom. The number of carboxylic acid groups (broad SMARTS) is 1. The number of ether oxygens (including phenoxy) is 1. The van der Waals surface area contributed by atoms with Crippen molar-refractivity contribution in [3.05, 3.63) is 89.4 Å². The number of aromatic nitrogens is 2. The maximum absolute atomic E-state index is 10.9. The van der Waals surface area contributed by atoms with Crippen molar-refractivity contribution in [3.8, 4) is 28.5 Å². The minimum absolute atomic E-state index is 0.0263. The van der Waals surface area contributed by atoms with Crippen molar-refractivity contribution in [2.45, 2.75) is 26.7 Å². The molecule has 32 heavy (non-hydrogen) atoms. The fourth-order valence-corrected chi connectivity index (χ4v) is 3.44. The molecule has 0 radical (unpaired) electrons. The van der Waals surface area contributed by atoms with Gasteiger partial charge >= 0.3 is 5.97 Å². The van der Waals surface area contributed by atoms with Gasteiger partial charge in [-0.25, -0.2) is 4.98 Å². The number of hydrogen-bond acceptors (Lipinski definition) is 5. The zero-order valence-corrected chi connectivity index (χ0v) is 18.0. The summed E-state index contributed by atoms with van der Waals surface area (Å²) in [6.45, 7) is 4.25. The van der Waals surface area contributed by atoms with Crippen LogP contribution < -0.4 is 4.74 Å². The average molecular weight is 428 g/mol. The number of carboxylic acids is 1. The molecule has 0 aliphatic carbocycles. The summed E-state index contributed by atoms with van der Waals surface area (Å²) in [5.41, 5.74) is 5.37. The predicted octanol–water partition coefficient (Wildman–Crippen LogP) is 5.27. The van der Waals surface area contributed by atoms with Gasteiger partial charge in [-0.05, 0) is 55.3 Å². The van der Waals surface area contributed by atoms with E-state index in [2.05, 4.69) is 9.97 Å². The molecule has 162 valence electrons. The highest BCUT2D eigenvalue weighted by Gasteiger charge is 2.13. The summed E-state index contributed by atoms with van der Waals surface area (Å²) >= 11 is 0. The SMILES string of the molecule is Cc1ccc(CC(=O)O)cc1OCCc1nc(-c2ccc(-c3ccccn3)cc2)oc1C. The molecule has 0 unspecified atom stereocenters. The third-order valence-corrected chi connectivity index (χ3v) is 5.19. The van der Waals surface area contributed by atoms with Crippen molar-refractivity contribution >= 4 is 5.97 Å². The Morgan fingerprint density at radius 1 is 1.03 bits per heavy atom. The van der Waals surface area contributed by atoms with Crippen molar-refractivity contribution in [2.75, 3.05) is 6.61 Å². The van der Waals surface area contributed by atoms with Crippen molar-refractivity contribution in [3.63, 3.8) is 0 Å². The number of rotatable bonds is 8. The number of benzene rings is 2. The van der Waals surface area contributed by atoms with Crippen LogP contribution in [0.25, 0.3) is 22.7 Å². The standard InChI is InChI=1S/C26H24N2O4/c1-17-6-7-19(16-25(29)30)15-24(17)31-14-12-22-18(2)32-26(28-22)21-10-8-20(9-11-21)23-5-3-4-13-27-23/h3-11,13,15H,12,14,16H2,1-2H3,(H,29,30). The molecule has 0 saturated carbocycles. The second kappa shape index (κ2) is 9.47. The summed E-state index contributed by atoms with van der Waals surface area (Å²) in [6, 6.07) is 19.3. The van der Waals surface area contributed by atoms with E-state index in [9.17, 15) is 4.79 Å². The molecule has 2 heterocycles. The van der Waals surface area contributed by atoms with Crippen LogP contribution in [0.5, 0.6) is 5.75 Å². The molecule has 2 aromatic heterocycles. The summed E-state index contributed by atoms with van der Waals surface area (Å²) in [5, 5.41) is 8.99. The Morgan fingerprint density at radius 3 is 2.53 bits per heavy atom. The molecule has 4 aromatic rings. The Bertz CT molecular complexity index is 1210. The third-order valence-electron chi connectivity index (χ3n) is 5.19. The van der Waals surface area contributed by atoms with Gasteiger partial charge in [0.25, 0.3) is 0 Å². The molecule has 2 aromatic carbocycles. The molecule has 6 heteroatoms. The lowest BCUT2D eigenvalue weighted by Crippen LogP contribution is -2.05. The second-order valence-electron chi connectivity index (χ2n) is 7.58. The Labute approximate surface area is 186 Å². The van der Waals surface area contributed by atoms with Crippen LogP contribution in [0.1, 0.15) is 22.6 Å². The highest BCUT2D eigenvalue weighted by Crippen LogP contribution is 2.26. The van der Waals surface area contributed by atoms with Crippen LogP contribution in [-0.2, 0) is 17.6 Å². The summed E-state index contributed by atoms with van der Waals surface area (Å²) in [6.07, 6.45) is 2.34. The monoisotopic (exact) mass is 428 g/mol. The molecule has 1 N–H and O–H groups in total. The van der Waals surface area contributed by atoms with E-state index in [-0.39, 0.29) is 6.42 Å². The van der Waals surface area contributed by atoms with E-state index in [0.29, 0.717) is 30.2 Å². The highest BCUT2D eigenvalue weighted by atomic mass is 16.5. The van der Waals surface area contributed by atoms with Gasteiger partial charge in [0.2, 0.25) is 5.89 Å². The lowest BCUT2D eigenvalue weighted by molar-refractivity contribution is -0.136. The normalized spacial score (nSPS) is 10.8. The van der Waals surface area contributed by atoms with Gasteiger partial charge in [0, 0.05) is 23.7 Å². The summed E-state index contributed by atoms with van der Waals surface area (Å²) in [5.74, 6) is 1.16. The molecule has 0 amide bonds. The van der Waals surface area contributed by atoms with E-state index in [0.717, 1.165) is 33.8 Å². The lowest BCUT2D eigenvalue weighted by Gasteiger charge is -2.10. The third kappa shape index (κ3) is 5.03. The molecular weight excluding hydrogens is 404 g/mol. The number of nitrogens with zero attached hydrogens (tertiary/aromatic N) is 2. The largest absolute Gasteiger partial charge is 0.493 e. The predicted molar refractivity (Wildman–Crippen MR) is 122 cm³/mol. The van der Waals surface area contributed by atoms with Crippen LogP contribution in [0.2, 0.25) is 0 Å². The van der Waals surface area contributed by atoms with Gasteiger partial charge in [0.15, 0.2) is 0 Å².